The van der Waals surface area contributed by atoms with Gasteiger partial charge in [0.25, 0.3) is 5.91 Å². The van der Waals surface area contributed by atoms with Crippen molar-refractivity contribution in [2.45, 2.75) is 6.18 Å². The first-order chi connectivity index (χ1) is 10.4. The van der Waals surface area contributed by atoms with E-state index in [-0.39, 0.29) is 5.91 Å². The largest absolute Gasteiger partial charge is 0.416 e. The summed E-state index contributed by atoms with van der Waals surface area (Å²) in [7, 11) is 0. The summed E-state index contributed by atoms with van der Waals surface area (Å²) in [4.78, 5) is 11.9. The minimum Gasteiger partial charge on any atom is -0.361 e. The SMILES string of the molecule is O=C1Nc2ccccc2/C1=C\Nc1ccc(C(F)(F)F)cc1. The van der Waals surface area contributed by atoms with Gasteiger partial charge in [-0.25, -0.2) is 0 Å². The molecule has 6 heteroatoms. The van der Waals surface area contributed by atoms with Crippen LogP contribution in [-0.2, 0) is 11.0 Å². The molecule has 3 rings (SSSR count). The monoisotopic (exact) mass is 304 g/mol. The number of para-hydroxylation sites is 1. The van der Waals surface area contributed by atoms with Crippen LogP contribution in [0.5, 0.6) is 0 Å². The maximum absolute atomic E-state index is 12.5. The van der Waals surface area contributed by atoms with Gasteiger partial charge < -0.3 is 10.6 Å². The Labute approximate surface area is 124 Å². The van der Waals surface area contributed by atoms with Crippen molar-refractivity contribution in [3.8, 4) is 0 Å². The fraction of sp³-hybridized carbons (Fsp3) is 0.0625. The van der Waals surface area contributed by atoms with Crippen LogP contribution in [0.1, 0.15) is 11.1 Å². The number of halogens is 3. The first-order valence-corrected chi connectivity index (χ1v) is 6.50. The topological polar surface area (TPSA) is 41.1 Å². The second-order valence-electron chi connectivity index (χ2n) is 4.78. The molecule has 1 aliphatic rings. The molecular formula is C16H11F3N2O. The molecule has 0 aromatic heterocycles. The highest BCUT2D eigenvalue weighted by Crippen LogP contribution is 2.32. The highest BCUT2D eigenvalue weighted by atomic mass is 19.4. The minimum atomic E-state index is -4.36. The maximum Gasteiger partial charge on any atom is 0.416 e. The summed E-state index contributed by atoms with van der Waals surface area (Å²) in [5, 5.41) is 5.56. The Morgan fingerprint density at radius 1 is 1.00 bits per heavy atom. The molecule has 0 bridgehead atoms. The summed E-state index contributed by atoms with van der Waals surface area (Å²) < 4.78 is 37.4. The molecule has 2 aromatic carbocycles. The predicted octanol–water partition coefficient (Wildman–Crippen LogP) is 4.11. The van der Waals surface area contributed by atoms with Crippen molar-refractivity contribution in [3.63, 3.8) is 0 Å². The molecule has 1 amide bonds. The molecule has 0 saturated heterocycles. The van der Waals surface area contributed by atoms with Crippen molar-refractivity contribution in [3.05, 3.63) is 65.9 Å². The molecule has 0 spiro atoms. The van der Waals surface area contributed by atoms with E-state index in [1.807, 2.05) is 12.1 Å². The Bertz CT molecular complexity index is 749. The lowest BCUT2D eigenvalue weighted by molar-refractivity contribution is -0.137. The number of nitrogens with one attached hydrogen (secondary N) is 2. The number of hydrogen-bond donors (Lipinski definition) is 2. The number of fused-ring (bicyclic) bond motifs is 1. The average Bonchev–Trinajstić information content (AvgIpc) is 2.80. The van der Waals surface area contributed by atoms with E-state index in [1.54, 1.807) is 12.1 Å². The molecule has 0 fully saturated rings. The maximum atomic E-state index is 12.5. The van der Waals surface area contributed by atoms with Crippen LogP contribution < -0.4 is 10.6 Å². The zero-order chi connectivity index (χ0) is 15.7. The lowest BCUT2D eigenvalue weighted by Gasteiger charge is -2.07. The fourth-order valence-corrected chi connectivity index (χ4v) is 2.19. The first-order valence-electron chi connectivity index (χ1n) is 6.50. The van der Waals surface area contributed by atoms with Crippen LogP contribution in [-0.4, -0.2) is 5.91 Å². The van der Waals surface area contributed by atoms with Crippen molar-refractivity contribution in [2.24, 2.45) is 0 Å². The van der Waals surface area contributed by atoms with Crippen LogP contribution in [0.25, 0.3) is 5.57 Å². The van der Waals surface area contributed by atoms with Gasteiger partial charge in [0.2, 0.25) is 0 Å². The quantitative estimate of drug-likeness (QED) is 0.820. The standard InChI is InChI=1S/C16H11F3N2O/c17-16(18,19)10-5-7-11(8-6-10)20-9-13-12-3-1-2-4-14(12)21-15(13)22/h1-9,20H,(H,21,22)/b13-9+. The Kier molecular flexibility index (Phi) is 3.36. The summed E-state index contributed by atoms with van der Waals surface area (Å²) in [6.45, 7) is 0. The van der Waals surface area contributed by atoms with E-state index in [9.17, 15) is 18.0 Å². The highest BCUT2D eigenvalue weighted by molar-refractivity contribution is 6.31. The van der Waals surface area contributed by atoms with E-state index in [0.717, 1.165) is 17.7 Å². The Morgan fingerprint density at radius 3 is 2.36 bits per heavy atom. The zero-order valence-corrected chi connectivity index (χ0v) is 11.2. The lowest BCUT2D eigenvalue weighted by atomic mass is 10.1. The Balaban J connectivity index is 1.81. The Hall–Kier alpha value is -2.76. The van der Waals surface area contributed by atoms with Gasteiger partial charge in [0.15, 0.2) is 0 Å². The summed E-state index contributed by atoms with van der Waals surface area (Å²) >= 11 is 0. The molecule has 3 nitrogen and oxygen atoms in total. The number of alkyl halides is 3. The van der Waals surface area contributed by atoms with E-state index >= 15 is 0 Å². The number of carbonyl (C=O) groups excluding carboxylic acids is 1. The van der Waals surface area contributed by atoms with E-state index in [2.05, 4.69) is 10.6 Å². The smallest absolute Gasteiger partial charge is 0.361 e. The summed E-state index contributed by atoms with van der Waals surface area (Å²) in [5.74, 6) is -0.249. The van der Waals surface area contributed by atoms with Crippen molar-refractivity contribution >= 4 is 22.9 Å². The van der Waals surface area contributed by atoms with Gasteiger partial charge in [0.05, 0.1) is 11.1 Å². The lowest BCUT2D eigenvalue weighted by Crippen LogP contribution is -2.06. The first kappa shape index (κ1) is 14.2. The molecule has 0 aliphatic carbocycles. The van der Waals surface area contributed by atoms with Crippen molar-refractivity contribution in [2.75, 3.05) is 10.6 Å². The van der Waals surface area contributed by atoms with E-state index in [4.69, 9.17) is 0 Å². The normalized spacial score (nSPS) is 15.6. The molecule has 2 N–H and O–H groups in total. The number of benzene rings is 2. The summed E-state index contributed by atoms with van der Waals surface area (Å²) in [6, 6.07) is 11.8. The van der Waals surface area contributed by atoms with Crippen LogP contribution in [0.4, 0.5) is 24.5 Å². The number of amides is 1. The Morgan fingerprint density at radius 2 is 1.68 bits per heavy atom. The van der Waals surface area contributed by atoms with E-state index in [0.29, 0.717) is 16.9 Å². The van der Waals surface area contributed by atoms with Gasteiger partial charge in [0, 0.05) is 23.1 Å². The predicted molar refractivity (Wildman–Crippen MR) is 78.1 cm³/mol. The molecule has 112 valence electrons. The molecule has 22 heavy (non-hydrogen) atoms. The molecular weight excluding hydrogens is 293 g/mol. The van der Waals surface area contributed by atoms with Gasteiger partial charge in [-0.1, -0.05) is 18.2 Å². The molecule has 0 radical (unpaired) electrons. The van der Waals surface area contributed by atoms with E-state index in [1.165, 1.54) is 18.3 Å². The fourth-order valence-electron chi connectivity index (χ4n) is 2.19. The van der Waals surface area contributed by atoms with E-state index < -0.39 is 11.7 Å². The number of hydrogen-bond acceptors (Lipinski definition) is 2. The molecule has 2 aromatic rings. The van der Waals surface area contributed by atoms with Crippen LogP contribution in [0.15, 0.2) is 54.7 Å². The van der Waals surface area contributed by atoms with Gasteiger partial charge in [-0.3, -0.25) is 4.79 Å². The van der Waals surface area contributed by atoms with Gasteiger partial charge >= 0.3 is 6.18 Å². The third kappa shape index (κ3) is 2.67. The second kappa shape index (κ2) is 5.22. The highest BCUT2D eigenvalue weighted by Gasteiger charge is 2.30. The third-order valence-corrected chi connectivity index (χ3v) is 3.31. The molecule has 0 atom stereocenters. The minimum absolute atomic E-state index is 0.249. The van der Waals surface area contributed by atoms with Crippen molar-refractivity contribution in [1.82, 2.24) is 0 Å². The van der Waals surface area contributed by atoms with Gasteiger partial charge in [0.1, 0.15) is 0 Å². The van der Waals surface area contributed by atoms with Crippen LogP contribution in [0.3, 0.4) is 0 Å². The van der Waals surface area contributed by atoms with Gasteiger partial charge in [-0.05, 0) is 30.3 Å². The van der Waals surface area contributed by atoms with Crippen molar-refractivity contribution in [1.29, 1.82) is 0 Å². The number of carbonyl (C=O) groups is 1. The van der Waals surface area contributed by atoms with Crippen molar-refractivity contribution < 1.29 is 18.0 Å². The molecule has 0 unspecified atom stereocenters. The van der Waals surface area contributed by atoms with Gasteiger partial charge in [-0.15, -0.1) is 0 Å². The molecule has 1 aliphatic heterocycles. The average molecular weight is 304 g/mol. The van der Waals surface area contributed by atoms with Crippen LogP contribution >= 0.6 is 0 Å². The molecule has 0 saturated carbocycles. The second-order valence-corrected chi connectivity index (χ2v) is 4.78. The van der Waals surface area contributed by atoms with Crippen LogP contribution in [0.2, 0.25) is 0 Å². The summed E-state index contributed by atoms with van der Waals surface area (Å²) in [5.41, 5.74) is 1.67. The molecule has 1 heterocycles. The van der Waals surface area contributed by atoms with Crippen LogP contribution in [0, 0.1) is 0 Å². The number of anilines is 2. The van der Waals surface area contributed by atoms with Gasteiger partial charge in [-0.2, -0.15) is 13.2 Å². The summed E-state index contributed by atoms with van der Waals surface area (Å²) in [6.07, 6.45) is -2.87. The third-order valence-electron chi connectivity index (χ3n) is 3.31. The number of rotatable bonds is 2. The zero-order valence-electron chi connectivity index (χ0n) is 11.2.